The molecule has 31 heavy (non-hydrogen) atoms. The van der Waals surface area contributed by atoms with Gasteiger partial charge in [0.2, 0.25) is 5.95 Å². The van der Waals surface area contributed by atoms with Crippen LogP contribution in [0, 0.1) is 0 Å². The number of anilines is 1. The molecular weight excluding hydrogens is 416 g/mol. The van der Waals surface area contributed by atoms with Crippen molar-refractivity contribution in [2.75, 3.05) is 32.0 Å². The highest BCUT2D eigenvalue weighted by Crippen LogP contribution is 2.29. The number of nitrogens with two attached hydrogens (primary N) is 1. The minimum absolute atomic E-state index is 0.129. The van der Waals surface area contributed by atoms with Crippen molar-refractivity contribution in [1.29, 1.82) is 0 Å². The summed E-state index contributed by atoms with van der Waals surface area (Å²) in [6.07, 6.45) is 4.20. The highest BCUT2D eigenvalue weighted by atomic mass is 35.5. The van der Waals surface area contributed by atoms with Crippen LogP contribution in [0.2, 0.25) is 5.15 Å². The summed E-state index contributed by atoms with van der Waals surface area (Å²) in [5, 5.41) is 4.87. The summed E-state index contributed by atoms with van der Waals surface area (Å²) >= 11 is 6.08. The average molecular weight is 441 g/mol. The van der Waals surface area contributed by atoms with Gasteiger partial charge in [0.05, 0.1) is 18.4 Å². The molecule has 2 aliphatic rings. The van der Waals surface area contributed by atoms with E-state index in [-0.39, 0.29) is 5.95 Å². The zero-order valence-electron chi connectivity index (χ0n) is 17.4. The van der Waals surface area contributed by atoms with E-state index < -0.39 is 0 Å². The van der Waals surface area contributed by atoms with Crippen molar-refractivity contribution >= 4 is 17.5 Å². The number of nitrogens with zero attached hydrogens (tertiary/aromatic N) is 5. The van der Waals surface area contributed by atoms with Gasteiger partial charge in [-0.2, -0.15) is 5.10 Å². The SMILES string of the molecule is Cn1cc(Cc2ccccc2OCCN2C[C@@H]3CC2CO3)c(-c2cc(Cl)nc(N)n2)n1. The molecule has 0 amide bonds. The molecule has 2 saturated heterocycles. The molecule has 0 spiro atoms. The van der Waals surface area contributed by atoms with Crippen molar-refractivity contribution in [1.82, 2.24) is 24.6 Å². The van der Waals surface area contributed by atoms with Gasteiger partial charge in [-0.05, 0) is 18.1 Å². The van der Waals surface area contributed by atoms with Crippen molar-refractivity contribution in [3.8, 4) is 17.1 Å². The lowest BCUT2D eigenvalue weighted by Gasteiger charge is -2.26. The molecule has 1 unspecified atom stereocenters. The van der Waals surface area contributed by atoms with Crippen LogP contribution in [0.3, 0.4) is 0 Å². The number of benzene rings is 1. The molecule has 2 N–H and O–H groups in total. The zero-order valence-corrected chi connectivity index (χ0v) is 18.1. The number of morpholine rings is 1. The van der Waals surface area contributed by atoms with Crippen molar-refractivity contribution in [3.63, 3.8) is 0 Å². The summed E-state index contributed by atoms with van der Waals surface area (Å²) < 4.78 is 13.6. The van der Waals surface area contributed by atoms with Crippen LogP contribution in [-0.2, 0) is 18.2 Å². The highest BCUT2D eigenvalue weighted by Gasteiger charge is 2.38. The third kappa shape index (κ3) is 4.37. The van der Waals surface area contributed by atoms with Crippen LogP contribution in [0.25, 0.3) is 11.4 Å². The monoisotopic (exact) mass is 440 g/mol. The van der Waals surface area contributed by atoms with E-state index in [1.165, 1.54) is 0 Å². The Hall–Kier alpha value is -2.68. The van der Waals surface area contributed by atoms with Crippen molar-refractivity contribution in [3.05, 3.63) is 52.8 Å². The van der Waals surface area contributed by atoms with Gasteiger partial charge in [-0.1, -0.05) is 29.8 Å². The molecule has 162 valence electrons. The number of aromatic nitrogens is 4. The lowest BCUT2D eigenvalue weighted by Crippen LogP contribution is -2.39. The molecule has 5 rings (SSSR count). The first kappa shape index (κ1) is 20.2. The molecule has 2 bridgehead atoms. The van der Waals surface area contributed by atoms with Crippen molar-refractivity contribution in [2.45, 2.75) is 25.0 Å². The summed E-state index contributed by atoms with van der Waals surface area (Å²) in [6.45, 7) is 3.43. The maximum atomic E-state index is 6.19. The number of hydrogen-bond donors (Lipinski definition) is 1. The van der Waals surface area contributed by atoms with Gasteiger partial charge in [0.25, 0.3) is 0 Å². The summed E-state index contributed by atoms with van der Waals surface area (Å²) in [5.41, 5.74) is 9.24. The Morgan fingerprint density at radius 2 is 2.13 bits per heavy atom. The van der Waals surface area contributed by atoms with Crippen LogP contribution in [0.15, 0.2) is 36.5 Å². The first-order chi connectivity index (χ1) is 15.0. The van der Waals surface area contributed by atoms with E-state index in [0.29, 0.717) is 36.0 Å². The average Bonchev–Trinajstić information content (AvgIpc) is 3.44. The topological polar surface area (TPSA) is 91.3 Å². The smallest absolute Gasteiger partial charge is 0.222 e. The summed E-state index contributed by atoms with van der Waals surface area (Å²) in [4.78, 5) is 10.7. The van der Waals surface area contributed by atoms with Crippen LogP contribution in [0.4, 0.5) is 5.95 Å². The lowest BCUT2D eigenvalue weighted by atomic mass is 10.0. The minimum atomic E-state index is 0.129. The molecule has 4 heterocycles. The van der Waals surface area contributed by atoms with E-state index in [1.54, 1.807) is 10.7 Å². The van der Waals surface area contributed by atoms with E-state index in [4.69, 9.17) is 26.8 Å². The molecule has 9 heteroatoms. The fourth-order valence-corrected chi connectivity index (χ4v) is 4.65. The van der Waals surface area contributed by atoms with Crippen LogP contribution in [-0.4, -0.2) is 63.1 Å². The maximum Gasteiger partial charge on any atom is 0.222 e. The molecule has 0 radical (unpaired) electrons. The molecule has 2 atom stereocenters. The van der Waals surface area contributed by atoms with Gasteiger partial charge < -0.3 is 15.2 Å². The Balaban J connectivity index is 1.32. The van der Waals surface area contributed by atoms with Gasteiger partial charge in [0, 0.05) is 50.4 Å². The third-order valence-electron chi connectivity index (χ3n) is 5.86. The molecule has 3 aromatic rings. The van der Waals surface area contributed by atoms with Gasteiger partial charge in [-0.3, -0.25) is 9.58 Å². The zero-order chi connectivity index (χ0) is 21.4. The Morgan fingerprint density at radius 1 is 1.26 bits per heavy atom. The van der Waals surface area contributed by atoms with E-state index in [0.717, 1.165) is 48.7 Å². The molecule has 0 aliphatic carbocycles. The van der Waals surface area contributed by atoms with Crippen LogP contribution >= 0.6 is 11.6 Å². The molecule has 2 fully saturated rings. The van der Waals surface area contributed by atoms with Crippen molar-refractivity contribution in [2.24, 2.45) is 7.05 Å². The number of ether oxygens (including phenoxy) is 2. The first-order valence-electron chi connectivity index (χ1n) is 10.4. The molecule has 0 saturated carbocycles. The summed E-state index contributed by atoms with van der Waals surface area (Å²) in [6, 6.07) is 10.4. The number of rotatable bonds is 7. The van der Waals surface area contributed by atoms with Gasteiger partial charge in [-0.25, -0.2) is 9.97 Å². The second kappa shape index (κ2) is 8.45. The van der Waals surface area contributed by atoms with Crippen LogP contribution in [0.1, 0.15) is 17.5 Å². The normalized spacial score (nSPS) is 20.5. The van der Waals surface area contributed by atoms with Gasteiger partial charge in [-0.15, -0.1) is 0 Å². The highest BCUT2D eigenvalue weighted by molar-refractivity contribution is 6.29. The quantitative estimate of drug-likeness (QED) is 0.564. The van der Waals surface area contributed by atoms with E-state index in [2.05, 4.69) is 26.0 Å². The Kier molecular flexibility index (Phi) is 5.52. The fourth-order valence-electron chi connectivity index (χ4n) is 4.46. The number of nitrogen functional groups attached to an aromatic ring is 1. The largest absolute Gasteiger partial charge is 0.492 e. The molecule has 1 aromatic carbocycles. The third-order valence-corrected chi connectivity index (χ3v) is 6.06. The minimum Gasteiger partial charge on any atom is -0.492 e. The second-order valence-electron chi connectivity index (χ2n) is 8.08. The van der Waals surface area contributed by atoms with Gasteiger partial charge >= 0.3 is 0 Å². The maximum absolute atomic E-state index is 6.19. The Morgan fingerprint density at radius 3 is 2.90 bits per heavy atom. The second-order valence-corrected chi connectivity index (χ2v) is 8.47. The van der Waals surface area contributed by atoms with Crippen LogP contribution in [0.5, 0.6) is 5.75 Å². The Labute approximate surface area is 185 Å². The molecule has 8 nitrogen and oxygen atoms in total. The number of fused-ring (bicyclic) bond motifs is 2. The first-order valence-corrected chi connectivity index (χ1v) is 10.8. The van der Waals surface area contributed by atoms with Gasteiger partial charge in [0.15, 0.2) is 0 Å². The summed E-state index contributed by atoms with van der Waals surface area (Å²) in [5.74, 6) is 1.02. The Bertz CT molecular complexity index is 1070. The predicted molar refractivity (Wildman–Crippen MR) is 118 cm³/mol. The molecular formula is C22H25ClN6O2. The predicted octanol–water partition coefficient (Wildman–Crippen LogP) is 2.56. The van der Waals surface area contributed by atoms with E-state index >= 15 is 0 Å². The van der Waals surface area contributed by atoms with E-state index in [9.17, 15) is 0 Å². The number of hydrogen-bond acceptors (Lipinski definition) is 7. The standard InChI is InChI=1S/C22H25ClN6O2/c1-28-11-15(21(27-28)18-10-20(23)26-22(24)25-18)8-14-4-2-3-5-19(14)30-7-6-29-12-17-9-16(29)13-31-17/h2-5,10-11,16-17H,6-9,12-13H2,1H3,(H2,24,25,26)/t16?,17-/m0/s1. The number of halogens is 1. The molecule has 2 aromatic heterocycles. The van der Waals surface area contributed by atoms with Gasteiger partial charge in [0.1, 0.15) is 23.2 Å². The van der Waals surface area contributed by atoms with E-state index in [1.807, 2.05) is 31.4 Å². The van der Waals surface area contributed by atoms with Crippen LogP contribution < -0.4 is 10.5 Å². The number of para-hydroxylation sites is 1. The molecule has 2 aliphatic heterocycles. The lowest BCUT2D eigenvalue weighted by molar-refractivity contribution is 0.0257. The fraction of sp³-hybridized carbons (Fsp3) is 0.409. The number of aryl methyl sites for hydroxylation is 1. The summed E-state index contributed by atoms with van der Waals surface area (Å²) in [7, 11) is 1.88. The van der Waals surface area contributed by atoms with Crippen molar-refractivity contribution < 1.29 is 9.47 Å². The number of likely N-dealkylation sites (tertiary alicyclic amines) is 1.